The number of hydrogen-bond acceptors (Lipinski definition) is 4. The van der Waals surface area contributed by atoms with E-state index >= 15 is 0 Å². The molecule has 0 amide bonds. The van der Waals surface area contributed by atoms with Crippen molar-refractivity contribution in [1.29, 1.82) is 0 Å². The van der Waals surface area contributed by atoms with Gasteiger partial charge in [0, 0.05) is 0 Å². The summed E-state index contributed by atoms with van der Waals surface area (Å²) >= 11 is 0. The van der Waals surface area contributed by atoms with Gasteiger partial charge in [-0.15, -0.1) is 0 Å². The van der Waals surface area contributed by atoms with Crippen molar-refractivity contribution in [1.82, 2.24) is 0 Å². The van der Waals surface area contributed by atoms with Gasteiger partial charge in [0.25, 0.3) is 0 Å². The van der Waals surface area contributed by atoms with Crippen LogP contribution in [0.4, 0.5) is 0 Å². The Labute approximate surface area is 119 Å². The second-order valence-electron chi connectivity index (χ2n) is 4.80. The summed E-state index contributed by atoms with van der Waals surface area (Å²) in [6.45, 7) is 3.61. The number of carbonyl (C=O) groups is 1. The predicted octanol–water partition coefficient (Wildman–Crippen LogP) is 1.52. The van der Waals surface area contributed by atoms with Gasteiger partial charge in [0.1, 0.15) is 0 Å². The van der Waals surface area contributed by atoms with Crippen molar-refractivity contribution in [2.45, 2.75) is 31.6 Å². The van der Waals surface area contributed by atoms with E-state index < -0.39 is 21.1 Å². The highest BCUT2D eigenvalue weighted by molar-refractivity contribution is 7.92. The second-order valence-corrected chi connectivity index (χ2v) is 7.11. The van der Waals surface area contributed by atoms with Gasteiger partial charge in [0.15, 0.2) is 15.1 Å². The van der Waals surface area contributed by atoms with Gasteiger partial charge in [0.2, 0.25) is 0 Å². The minimum Gasteiger partial charge on any atom is -0.480 e. The quantitative estimate of drug-likeness (QED) is 0.787. The lowest BCUT2D eigenvalue weighted by molar-refractivity contribution is -0.136. The molecule has 6 heteroatoms. The van der Waals surface area contributed by atoms with Crippen molar-refractivity contribution in [3.05, 3.63) is 35.9 Å². The molecule has 0 aliphatic carbocycles. The first-order chi connectivity index (χ1) is 9.33. The highest BCUT2D eigenvalue weighted by Gasteiger charge is 2.32. The molecule has 20 heavy (non-hydrogen) atoms. The molecule has 0 radical (unpaired) electrons. The zero-order valence-electron chi connectivity index (χ0n) is 11.7. The average Bonchev–Trinajstić information content (AvgIpc) is 2.36. The maximum absolute atomic E-state index is 12.1. The molecule has 0 saturated carbocycles. The number of hydrogen-bond donors (Lipinski definition) is 1. The normalized spacial score (nSPS) is 13.3. The summed E-state index contributed by atoms with van der Waals surface area (Å²) in [6, 6.07) is 8.74. The topological polar surface area (TPSA) is 80.7 Å². The van der Waals surface area contributed by atoms with Gasteiger partial charge in [-0.3, -0.25) is 4.79 Å². The first-order valence-electron chi connectivity index (χ1n) is 6.43. The van der Waals surface area contributed by atoms with Crippen LogP contribution in [0.25, 0.3) is 0 Å². The highest BCUT2D eigenvalue weighted by Crippen LogP contribution is 2.12. The molecule has 0 spiro atoms. The summed E-state index contributed by atoms with van der Waals surface area (Å²) in [5, 5.41) is 7.73. The Morgan fingerprint density at radius 2 is 1.85 bits per heavy atom. The van der Waals surface area contributed by atoms with Crippen LogP contribution in [0.5, 0.6) is 0 Å². The van der Waals surface area contributed by atoms with E-state index in [-0.39, 0.29) is 24.9 Å². The Morgan fingerprint density at radius 1 is 1.25 bits per heavy atom. The predicted molar refractivity (Wildman–Crippen MR) is 76.4 cm³/mol. The maximum atomic E-state index is 12.1. The number of aliphatic carboxylic acids is 1. The van der Waals surface area contributed by atoms with Crippen molar-refractivity contribution in [3.63, 3.8) is 0 Å². The fourth-order valence-corrected chi connectivity index (χ4v) is 3.10. The largest absolute Gasteiger partial charge is 0.480 e. The monoisotopic (exact) mass is 300 g/mol. The molecule has 1 N–H and O–H groups in total. The van der Waals surface area contributed by atoms with Gasteiger partial charge >= 0.3 is 5.97 Å². The standard InChI is InChI=1S/C14H20O5S/c1-11(2)19-8-9-20(17,18)13(14(15)16)10-12-6-4-3-5-7-12/h3-7,11,13H,8-10H2,1-2H3,(H,15,16). The number of carboxylic acids is 1. The Bertz CT molecular complexity index is 522. The number of benzene rings is 1. The molecule has 0 bridgehead atoms. The van der Waals surface area contributed by atoms with Crippen LogP contribution in [-0.2, 0) is 25.8 Å². The summed E-state index contributed by atoms with van der Waals surface area (Å²) in [4.78, 5) is 11.2. The van der Waals surface area contributed by atoms with Crippen LogP contribution in [0.2, 0.25) is 0 Å². The van der Waals surface area contributed by atoms with Crippen LogP contribution >= 0.6 is 0 Å². The highest BCUT2D eigenvalue weighted by atomic mass is 32.2. The fraction of sp³-hybridized carbons (Fsp3) is 0.500. The van der Waals surface area contributed by atoms with E-state index in [1.807, 2.05) is 0 Å². The number of rotatable bonds is 8. The third-order valence-electron chi connectivity index (χ3n) is 2.79. The number of carboxylic acid groups (broad SMARTS) is 1. The zero-order chi connectivity index (χ0) is 15.2. The van der Waals surface area contributed by atoms with Gasteiger partial charge in [0.05, 0.1) is 18.5 Å². The van der Waals surface area contributed by atoms with Gasteiger partial charge in [-0.1, -0.05) is 30.3 Å². The Balaban J connectivity index is 2.77. The second kappa shape index (κ2) is 7.40. The van der Waals surface area contributed by atoms with Crippen molar-refractivity contribution < 1.29 is 23.1 Å². The van der Waals surface area contributed by atoms with Crippen molar-refractivity contribution >= 4 is 15.8 Å². The maximum Gasteiger partial charge on any atom is 0.322 e. The molecule has 0 aliphatic heterocycles. The lowest BCUT2D eigenvalue weighted by Crippen LogP contribution is -2.35. The molecular weight excluding hydrogens is 280 g/mol. The first-order valence-corrected chi connectivity index (χ1v) is 8.14. The van der Waals surface area contributed by atoms with E-state index in [0.29, 0.717) is 5.56 Å². The molecule has 1 unspecified atom stereocenters. The van der Waals surface area contributed by atoms with Gasteiger partial charge < -0.3 is 9.84 Å². The van der Waals surface area contributed by atoms with Crippen LogP contribution in [0, 0.1) is 0 Å². The number of ether oxygens (including phenoxy) is 1. The third kappa shape index (κ3) is 5.30. The van der Waals surface area contributed by atoms with E-state index in [0.717, 1.165) is 0 Å². The lowest BCUT2D eigenvalue weighted by atomic mass is 10.1. The number of sulfone groups is 1. The average molecular weight is 300 g/mol. The van der Waals surface area contributed by atoms with Crippen LogP contribution in [0.1, 0.15) is 19.4 Å². The summed E-state index contributed by atoms with van der Waals surface area (Å²) < 4.78 is 29.4. The summed E-state index contributed by atoms with van der Waals surface area (Å²) in [5.41, 5.74) is 0.688. The van der Waals surface area contributed by atoms with Crippen molar-refractivity contribution in [3.8, 4) is 0 Å². The molecule has 112 valence electrons. The molecule has 0 heterocycles. The summed E-state index contributed by atoms with van der Waals surface area (Å²) in [5.74, 6) is -1.60. The van der Waals surface area contributed by atoms with Gasteiger partial charge in [-0.05, 0) is 25.8 Å². The summed E-state index contributed by atoms with van der Waals surface area (Å²) in [6.07, 6.45) is -0.109. The van der Waals surface area contributed by atoms with Gasteiger partial charge in [-0.25, -0.2) is 8.42 Å². The van der Waals surface area contributed by atoms with Crippen LogP contribution in [-0.4, -0.2) is 43.2 Å². The molecule has 1 atom stereocenters. The minimum absolute atomic E-state index is 0.0125. The fourth-order valence-electron chi connectivity index (χ4n) is 1.74. The molecule has 0 fully saturated rings. The lowest BCUT2D eigenvalue weighted by Gasteiger charge is -2.14. The SMILES string of the molecule is CC(C)OCCS(=O)(=O)C(Cc1ccccc1)C(=O)O. The Hall–Kier alpha value is -1.40. The summed E-state index contributed by atoms with van der Waals surface area (Å²) in [7, 11) is -3.74. The molecule has 0 saturated heterocycles. The van der Waals surface area contributed by atoms with Crippen LogP contribution in [0.15, 0.2) is 30.3 Å². The van der Waals surface area contributed by atoms with E-state index in [4.69, 9.17) is 9.84 Å². The third-order valence-corrected chi connectivity index (χ3v) is 4.76. The van der Waals surface area contributed by atoms with E-state index in [9.17, 15) is 13.2 Å². The Kier molecular flexibility index (Phi) is 6.16. The van der Waals surface area contributed by atoms with Crippen molar-refractivity contribution in [2.24, 2.45) is 0 Å². The minimum atomic E-state index is -3.74. The molecule has 0 aliphatic rings. The van der Waals surface area contributed by atoms with Gasteiger partial charge in [-0.2, -0.15) is 0 Å². The Morgan fingerprint density at radius 3 is 2.35 bits per heavy atom. The van der Waals surface area contributed by atoms with Crippen LogP contribution in [0.3, 0.4) is 0 Å². The molecule has 1 aromatic carbocycles. The van der Waals surface area contributed by atoms with E-state index in [1.165, 1.54) is 0 Å². The molecule has 5 nitrogen and oxygen atoms in total. The van der Waals surface area contributed by atoms with E-state index in [2.05, 4.69) is 0 Å². The molecule has 0 aromatic heterocycles. The van der Waals surface area contributed by atoms with E-state index in [1.54, 1.807) is 44.2 Å². The molecular formula is C14H20O5S. The molecule has 1 aromatic rings. The first kappa shape index (κ1) is 16.7. The molecule has 1 rings (SSSR count). The van der Waals surface area contributed by atoms with Crippen molar-refractivity contribution in [2.75, 3.05) is 12.4 Å². The smallest absolute Gasteiger partial charge is 0.322 e. The van der Waals surface area contributed by atoms with Crippen LogP contribution < -0.4 is 0 Å². The zero-order valence-corrected chi connectivity index (χ0v) is 12.5.